The van der Waals surface area contributed by atoms with E-state index in [0.717, 1.165) is 50.3 Å². The van der Waals surface area contributed by atoms with Gasteiger partial charge in [0.1, 0.15) is 0 Å². The number of nitriles is 1. The van der Waals surface area contributed by atoms with Gasteiger partial charge in [-0.25, -0.2) is 4.39 Å². The fourth-order valence-electron chi connectivity index (χ4n) is 3.23. The Hall–Kier alpha value is -2.62. The highest BCUT2D eigenvalue weighted by atomic mass is 19.1. The van der Waals surface area contributed by atoms with Gasteiger partial charge in [0.15, 0.2) is 17.9 Å². The number of anilines is 1. The average molecular weight is 384 g/mol. The molecule has 0 amide bonds. The Bertz CT molecular complexity index is 798. The zero-order chi connectivity index (χ0) is 19.8. The lowest BCUT2D eigenvalue weighted by Crippen LogP contribution is -2.28. The number of hydrogen-bond donors (Lipinski definition) is 0. The smallest absolute Gasteiger partial charge is 0.165 e. The minimum atomic E-state index is -0.371. The quantitative estimate of drug-likeness (QED) is 0.681. The van der Waals surface area contributed by atoms with Gasteiger partial charge in [-0.2, -0.15) is 5.26 Å². The van der Waals surface area contributed by atoms with Crippen molar-refractivity contribution < 1.29 is 18.6 Å². The van der Waals surface area contributed by atoms with Gasteiger partial charge in [-0.1, -0.05) is 6.07 Å². The summed E-state index contributed by atoms with van der Waals surface area (Å²) >= 11 is 0. The molecule has 5 nitrogen and oxygen atoms in total. The summed E-state index contributed by atoms with van der Waals surface area (Å²) in [5.74, 6) is -0.135. The molecule has 3 rings (SSSR count). The topological polar surface area (TPSA) is 54.7 Å². The SMILES string of the molecule is COc1ccc(CN(CCCC2OCCCO2)c2ccc(C#N)cc2)cc1F. The molecule has 1 fully saturated rings. The lowest BCUT2D eigenvalue weighted by atomic mass is 10.1. The maximum absolute atomic E-state index is 14.1. The van der Waals surface area contributed by atoms with Crippen LogP contribution in [0.1, 0.15) is 30.4 Å². The van der Waals surface area contributed by atoms with Crippen molar-refractivity contribution in [2.45, 2.75) is 32.1 Å². The molecule has 2 aromatic carbocycles. The van der Waals surface area contributed by atoms with Gasteiger partial charge in [0.2, 0.25) is 0 Å². The maximum atomic E-state index is 14.1. The molecular weight excluding hydrogens is 359 g/mol. The lowest BCUT2D eigenvalue weighted by Gasteiger charge is -2.27. The minimum absolute atomic E-state index is 0.144. The third kappa shape index (κ3) is 5.44. The molecule has 28 heavy (non-hydrogen) atoms. The minimum Gasteiger partial charge on any atom is -0.494 e. The zero-order valence-corrected chi connectivity index (χ0v) is 16.1. The van der Waals surface area contributed by atoms with Gasteiger partial charge < -0.3 is 19.1 Å². The number of hydrogen-bond acceptors (Lipinski definition) is 5. The second kappa shape index (κ2) is 10.1. The van der Waals surface area contributed by atoms with Gasteiger partial charge in [0.05, 0.1) is 32.0 Å². The van der Waals surface area contributed by atoms with Crippen molar-refractivity contribution in [1.82, 2.24) is 0 Å². The van der Waals surface area contributed by atoms with Gasteiger partial charge in [0, 0.05) is 25.2 Å². The van der Waals surface area contributed by atoms with E-state index in [1.165, 1.54) is 13.2 Å². The Kier molecular flexibility index (Phi) is 7.24. The fraction of sp³-hybridized carbons (Fsp3) is 0.409. The van der Waals surface area contributed by atoms with Crippen LogP contribution in [0.5, 0.6) is 5.75 Å². The molecule has 2 aromatic rings. The fourth-order valence-corrected chi connectivity index (χ4v) is 3.23. The van der Waals surface area contributed by atoms with Crippen LogP contribution < -0.4 is 9.64 Å². The molecule has 1 heterocycles. The van der Waals surface area contributed by atoms with Gasteiger partial charge in [-0.3, -0.25) is 0 Å². The predicted octanol–water partition coefficient (Wildman–Crippen LogP) is 4.26. The Morgan fingerprint density at radius 2 is 1.93 bits per heavy atom. The van der Waals surface area contributed by atoms with E-state index in [4.69, 9.17) is 19.5 Å². The van der Waals surface area contributed by atoms with Crippen molar-refractivity contribution in [2.75, 3.05) is 31.8 Å². The van der Waals surface area contributed by atoms with Gasteiger partial charge in [-0.05, 0) is 54.8 Å². The van der Waals surface area contributed by atoms with E-state index in [2.05, 4.69) is 11.0 Å². The van der Waals surface area contributed by atoms with Crippen LogP contribution in [0.15, 0.2) is 42.5 Å². The third-order valence-electron chi connectivity index (χ3n) is 4.72. The van der Waals surface area contributed by atoms with Crippen molar-refractivity contribution in [2.24, 2.45) is 0 Å². The molecule has 0 saturated carbocycles. The first-order chi connectivity index (χ1) is 13.7. The summed E-state index contributed by atoms with van der Waals surface area (Å²) in [7, 11) is 1.45. The Morgan fingerprint density at radius 3 is 2.57 bits per heavy atom. The molecule has 0 unspecified atom stereocenters. The summed E-state index contributed by atoms with van der Waals surface area (Å²) < 4.78 is 30.3. The van der Waals surface area contributed by atoms with Crippen molar-refractivity contribution >= 4 is 5.69 Å². The first kappa shape index (κ1) is 20.1. The lowest BCUT2D eigenvalue weighted by molar-refractivity contribution is -0.181. The highest BCUT2D eigenvalue weighted by Crippen LogP contribution is 2.23. The molecule has 0 aromatic heterocycles. The molecule has 1 aliphatic rings. The van der Waals surface area contributed by atoms with E-state index in [0.29, 0.717) is 12.1 Å². The van der Waals surface area contributed by atoms with Crippen LogP contribution in [-0.4, -0.2) is 33.2 Å². The van der Waals surface area contributed by atoms with Crippen LogP contribution in [0.3, 0.4) is 0 Å². The summed E-state index contributed by atoms with van der Waals surface area (Å²) in [5.41, 5.74) is 2.46. The largest absolute Gasteiger partial charge is 0.494 e. The van der Waals surface area contributed by atoms with Crippen molar-refractivity contribution in [3.05, 3.63) is 59.4 Å². The number of halogens is 1. The Balaban J connectivity index is 1.69. The standard InChI is InChI=1S/C22H25FN2O3/c1-26-21-10-7-18(14-20(21)23)16-25(19-8-5-17(15-24)6-9-19)11-2-4-22-27-12-3-13-28-22/h5-10,14,22H,2-4,11-13,16H2,1H3. The monoisotopic (exact) mass is 384 g/mol. The second-order valence-corrected chi connectivity index (χ2v) is 6.72. The highest BCUT2D eigenvalue weighted by molar-refractivity contribution is 5.50. The maximum Gasteiger partial charge on any atom is 0.165 e. The summed E-state index contributed by atoms with van der Waals surface area (Å²) in [6.45, 7) is 2.81. The molecule has 6 heteroatoms. The van der Waals surface area contributed by atoms with Gasteiger partial charge in [-0.15, -0.1) is 0 Å². The predicted molar refractivity (Wildman–Crippen MR) is 105 cm³/mol. The van der Waals surface area contributed by atoms with Crippen molar-refractivity contribution in [3.8, 4) is 11.8 Å². The van der Waals surface area contributed by atoms with Crippen LogP contribution in [0, 0.1) is 17.1 Å². The van der Waals surface area contributed by atoms with Crippen LogP contribution in [-0.2, 0) is 16.0 Å². The van der Waals surface area contributed by atoms with Gasteiger partial charge >= 0.3 is 0 Å². The van der Waals surface area contributed by atoms with Crippen molar-refractivity contribution in [3.63, 3.8) is 0 Å². The highest BCUT2D eigenvalue weighted by Gasteiger charge is 2.15. The second-order valence-electron chi connectivity index (χ2n) is 6.72. The number of rotatable bonds is 8. The molecule has 1 saturated heterocycles. The molecule has 0 bridgehead atoms. The van der Waals surface area contributed by atoms with E-state index in [1.807, 2.05) is 18.2 Å². The first-order valence-electron chi connectivity index (χ1n) is 9.50. The molecule has 148 valence electrons. The van der Waals surface area contributed by atoms with Crippen LogP contribution in [0.2, 0.25) is 0 Å². The molecule has 0 radical (unpaired) electrons. The van der Waals surface area contributed by atoms with Crippen molar-refractivity contribution in [1.29, 1.82) is 5.26 Å². The van der Waals surface area contributed by atoms with E-state index >= 15 is 0 Å². The molecule has 0 spiro atoms. The van der Waals surface area contributed by atoms with E-state index in [1.54, 1.807) is 18.2 Å². The molecule has 0 aliphatic carbocycles. The molecule has 0 atom stereocenters. The first-order valence-corrected chi connectivity index (χ1v) is 9.50. The summed E-state index contributed by atoms with van der Waals surface area (Å²) in [6, 6.07) is 14.6. The third-order valence-corrected chi connectivity index (χ3v) is 4.72. The Labute approximate surface area is 165 Å². The number of ether oxygens (including phenoxy) is 3. The van der Waals surface area contributed by atoms with E-state index in [9.17, 15) is 4.39 Å². The normalized spacial score (nSPS) is 14.5. The summed E-state index contributed by atoms with van der Waals surface area (Å²) in [6.07, 6.45) is 2.49. The van der Waals surface area contributed by atoms with E-state index < -0.39 is 0 Å². The molecular formula is C22H25FN2O3. The van der Waals surface area contributed by atoms with E-state index in [-0.39, 0.29) is 17.9 Å². The summed E-state index contributed by atoms with van der Waals surface area (Å²) in [5, 5.41) is 9.02. The Morgan fingerprint density at radius 1 is 1.18 bits per heavy atom. The van der Waals surface area contributed by atoms with Gasteiger partial charge in [0.25, 0.3) is 0 Å². The van der Waals surface area contributed by atoms with Crippen LogP contribution in [0.25, 0.3) is 0 Å². The summed E-state index contributed by atoms with van der Waals surface area (Å²) in [4.78, 5) is 2.17. The van der Waals surface area contributed by atoms with Crippen LogP contribution >= 0.6 is 0 Å². The number of methoxy groups -OCH3 is 1. The average Bonchev–Trinajstić information content (AvgIpc) is 2.74. The molecule has 0 N–H and O–H groups in total. The number of nitrogens with zero attached hydrogens (tertiary/aromatic N) is 2. The number of benzene rings is 2. The zero-order valence-electron chi connectivity index (χ0n) is 16.1. The molecule has 1 aliphatic heterocycles. The van der Waals surface area contributed by atoms with Crippen LogP contribution in [0.4, 0.5) is 10.1 Å².